The summed E-state index contributed by atoms with van der Waals surface area (Å²) < 4.78 is 23.9. The van der Waals surface area contributed by atoms with Gasteiger partial charge in [0, 0.05) is 39.2 Å². The highest BCUT2D eigenvalue weighted by Crippen LogP contribution is 2.39. The van der Waals surface area contributed by atoms with E-state index in [2.05, 4.69) is 36.4 Å². The monoisotopic (exact) mass is 404 g/mol. The van der Waals surface area contributed by atoms with Gasteiger partial charge in [-0.15, -0.1) is 0 Å². The van der Waals surface area contributed by atoms with Gasteiger partial charge >= 0.3 is 0 Å². The van der Waals surface area contributed by atoms with E-state index in [1.165, 1.54) is 0 Å². The van der Waals surface area contributed by atoms with Crippen LogP contribution in [-0.4, -0.2) is 20.3 Å². The second kappa shape index (κ2) is 9.79. The van der Waals surface area contributed by atoms with E-state index in [1.807, 2.05) is 42.5 Å². The van der Waals surface area contributed by atoms with Crippen molar-refractivity contribution in [2.75, 3.05) is 20.3 Å². The maximum absolute atomic E-state index is 6.14. The molecule has 1 fully saturated rings. The van der Waals surface area contributed by atoms with Gasteiger partial charge in [-0.1, -0.05) is 60.7 Å². The van der Waals surface area contributed by atoms with E-state index < -0.39 is 0 Å². The Morgan fingerprint density at radius 3 is 1.70 bits per heavy atom. The highest BCUT2D eigenvalue weighted by atomic mass is 16.5. The summed E-state index contributed by atoms with van der Waals surface area (Å²) in [6.45, 7) is 2.38. The van der Waals surface area contributed by atoms with Crippen LogP contribution < -0.4 is 9.47 Å². The summed E-state index contributed by atoms with van der Waals surface area (Å²) in [6.07, 6.45) is 1.62. The standard InChI is InChI=1S/C26H28O4/c1-27-26(12-14-28-15-13-26)23-16-24(29-19-21-8-4-2-5-9-21)18-25(17-23)30-20-22-10-6-3-7-11-22/h2-11,16-18H,12-15,19-20H2,1H3. The zero-order valence-electron chi connectivity index (χ0n) is 17.4. The Hall–Kier alpha value is -2.82. The van der Waals surface area contributed by atoms with Crippen LogP contribution in [0, 0.1) is 0 Å². The lowest BCUT2D eigenvalue weighted by Gasteiger charge is -2.36. The van der Waals surface area contributed by atoms with Crippen LogP contribution in [-0.2, 0) is 28.3 Å². The van der Waals surface area contributed by atoms with Crippen LogP contribution >= 0.6 is 0 Å². The largest absolute Gasteiger partial charge is 0.489 e. The minimum absolute atomic E-state index is 0.380. The highest BCUT2D eigenvalue weighted by Gasteiger charge is 2.35. The van der Waals surface area contributed by atoms with Crippen LogP contribution in [0.2, 0.25) is 0 Å². The van der Waals surface area contributed by atoms with Gasteiger partial charge in [-0.25, -0.2) is 0 Å². The van der Waals surface area contributed by atoms with Crippen molar-refractivity contribution < 1.29 is 18.9 Å². The molecule has 0 aromatic heterocycles. The first-order valence-electron chi connectivity index (χ1n) is 10.4. The van der Waals surface area contributed by atoms with E-state index >= 15 is 0 Å². The Kier molecular flexibility index (Phi) is 6.67. The van der Waals surface area contributed by atoms with E-state index in [9.17, 15) is 0 Å². The minimum atomic E-state index is -0.380. The zero-order valence-corrected chi connectivity index (χ0v) is 17.4. The van der Waals surface area contributed by atoms with Gasteiger partial charge in [0.25, 0.3) is 0 Å². The molecule has 0 unspecified atom stereocenters. The Labute approximate surface area is 178 Å². The molecule has 0 spiro atoms. The summed E-state index contributed by atoms with van der Waals surface area (Å²) in [5, 5.41) is 0. The number of ether oxygens (including phenoxy) is 4. The van der Waals surface area contributed by atoms with E-state index in [0.717, 1.165) is 41.0 Å². The highest BCUT2D eigenvalue weighted by molar-refractivity contribution is 5.42. The Balaban J connectivity index is 1.59. The van der Waals surface area contributed by atoms with Crippen molar-refractivity contribution in [3.63, 3.8) is 0 Å². The summed E-state index contributed by atoms with van der Waals surface area (Å²) in [7, 11) is 1.77. The fraction of sp³-hybridized carbons (Fsp3) is 0.308. The molecule has 156 valence electrons. The number of rotatable bonds is 8. The average molecular weight is 405 g/mol. The van der Waals surface area contributed by atoms with E-state index in [1.54, 1.807) is 7.11 Å². The maximum atomic E-state index is 6.14. The van der Waals surface area contributed by atoms with E-state index in [0.29, 0.717) is 26.4 Å². The van der Waals surface area contributed by atoms with Gasteiger partial charge in [-0.3, -0.25) is 0 Å². The predicted molar refractivity (Wildman–Crippen MR) is 117 cm³/mol. The lowest BCUT2D eigenvalue weighted by atomic mass is 9.86. The van der Waals surface area contributed by atoms with Crippen LogP contribution in [0.3, 0.4) is 0 Å². The van der Waals surface area contributed by atoms with Crippen LogP contribution in [0.15, 0.2) is 78.9 Å². The summed E-state index contributed by atoms with van der Waals surface area (Å²) in [5.41, 5.74) is 2.95. The fourth-order valence-corrected chi connectivity index (χ4v) is 3.80. The lowest BCUT2D eigenvalue weighted by Crippen LogP contribution is -2.35. The van der Waals surface area contributed by atoms with Crippen LogP contribution in [0.4, 0.5) is 0 Å². The number of hydrogen-bond donors (Lipinski definition) is 0. The molecule has 0 N–H and O–H groups in total. The molecule has 0 saturated carbocycles. The van der Waals surface area contributed by atoms with Gasteiger partial charge in [0.05, 0.1) is 5.60 Å². The summed E-state index contributed by atoms with van der Waals surface area (Å²) in [6, 6.07) is 26.4. The molecule has 0 amide bonds. The molecule has 1 saturated heterocycles. The van der Waals surface area contributed by atoms with Crippen molar-refractivity contribution >= 4 is 0 Å². The average Bonchev–Trinajstić information content (AvgIpc) is 2.83. The second-order valence-corrected chi connectivity index (χ2v) is 7.55. The first-order chi connectivity index (χ1) is 14.8. The van der Waals surface area contributed by atoms with Crippen molar-refractivity contribution in [3.8, 4) is 11.5 Å². The van der Waals surface area contributed by atoms with Crippen molar-refractivity contribution in [2.24, 2.45) is 0 Å². The summed E-state index contributed by atoms with van der Waals surface area (Å²) in [4.78, 5) is 0. The molecule has 0 bridgehead atoms. The number of benzene rings is 3. The third-order valence-electron chi connectivity index (χ3n) is 5.59. The van der Waals surface area contributed by atoms with Crippen LogP contribution in [0.1, 0.15) is 29.5 Å². The summed E-state index contributed by atoms with van der Waals surface area (Å²) in [5.74, 6) is 1.56. The number of hydrogen-bond acceptors (Lipinski definition) is 4. The molecule has 0 aliphatic carbocycles. The van der Waals surface area contributed by atoms with Crippen LogP contribution in [0.5, 0.6) is 11.5 Å². The minimum Gasteiger partial charge on any atom is -0.489 e. The van der Waals surface area contributed by atoms with Crippen molar-refractivity contribution in [1.82, 2.24) is 0 Å². The Morgan fingerprint density at radius 2 is 1.23 bits per heavy atom. The smallest absolute Gasteiger partial charge is 0.123 e. The van der Waals surface area contributed by atoms with E-state index in [4.69, 9.17) is 18.9 Å². The molecule has 1 aliphatic heterocycles. The molecule has 0 radical (unpaired) electrons. The Bertz CT molecular complexity index is 857. The lowest BCUT2D eigenvalue weighted by molar-refractivity contribution is -0.0949. The molecule has 1 heterocycles. The SMILES string of the molecule is COC1(c2cc(OCc3ccccc3)cc(OCc3ccccc3)c2)CCOCC1. The molecule has 0 atom stereocenters. The molecule has 4 nitrogen and oxygen atoms in total. The molecule has 4 rings (SSSR count). The first kappa shape index (κ1) is 20.5. The molecular formula is C26H28O4. The second-order valence-electron chi connectivity index (χ2n) is 7.55. The quantitative estimate of drug-likeness (QED) is 0.497. The van der Waals surface area contributed by atoms with E-state index in [-0.39, 0.29) is 5.60 Å². The van der Waals surface area contributed by atoms with Crippen LogP contribution in [0.25, 0.3) is 0 Å². The van der Waals surface area contributed by atoms with Gasteiger partial charge in [-0.05, 0) is 28.8 Å². The molecule has 3 aromatic carbocycles. The number of methoxy groups -OCH3 is 1. The third kappa shape index (κ3) is 5.02. The fourth-order valence-electron chi connectivity index (χ4n) is 3.80. The Morgan fingerprint density at radius 1 is 0.733 bits per heavy atom. The van der Waals surface area contributed by atoms with Gasteiger partial charge < -0.3 is 18.9 Å². The van der Waals surface area contributed by atoms with Gasteiger partial charge in [0.2, 0.25) is 0 Å². The summed E-state index contributed by atoms with van der Waals surface area (Å²) >= 11 is 0. The zero-order chi connectivity index (χ0) is 20.7. The van der Waals surface area contributed by atoms with Crippen molar-refractivity contribution in [3.05, 3.63) is 95.6 Å². The molecule has 30 heavy (non-hydrogen) atoms. The first-order valence-corrected chi connectivity index (χ1v) is 10.4. The maximum Gasteiger partial charge on any atom is 0.123 e. The topological polar surface area (TPSA) is 36.9 Å². The van der Waals surface area contributed by atoms with Gasteiger partial charge in [0.1, 0.15) is 24.7 Å². The molecule has 3 aromatic rings. The third-order valence-corrected chi connectivity index (χ3v) is 5.59. The normalized spacial score (nSPS) is 15.5. The van der Waals surface area contributed by atoms with Gasteiger partial charge in [0.15, 0.2) is 0 Å². The molecule has 4 heteroatoms. The molecular weight excluding hydrogens is 376 g/mol. The predicted octanol–water partition coefficient (Wildman–Crippen LogP) is 5.50. The molecule has 1 aliphatic rings. The van der Waals surface area contributed by atoms with Crippen molar-refractivity contribution in [2.45, 2.75) is 31.7 Å². The van der Waals surface area contributed by atoms with Crippen molar-refractivity contribution in [1.29, 1.82) is 0 Å². The van der Waals surface area contributed by atoms with Gasteiger partial charge in [-0.2, -0.15) is 0 Å².